The summed E-state index contributed by atoms with van der Waals surface area (Å²) < 4.78 is 5.09. The van der Waals surface area contributed by atoms with Crippen LogP contribution in [0.1, 0.15) is 34.8 Å². The average Bonchev–Trinajstić information content (AvgIpc) is 2.63. The summed E-state index contributed by atoms with van der Waals surface area (Å²) in [7, 11) is 0. The Morgan fingerprint density at radius 1 is 1.15 bits per heavy atom. The number of nitrogen functional groups attached to an aromatic ring is 1. The van der Waals surface area contributed by atoms with Gasteiger partial charge in [0.05, 0.1) is 6.10 Å². The number of alkyl carbamates (subject to hydrolysis) is 1. The van der Waals surface area contributed by atoms with Crippen molar-refractivity contribution in [3.8, 4) is 0 Å². The number of aryl methyl sites for hydroxylation is 2. The molecule has 2 rings (SSSR count). The van der Waals surface area contributed by atoms with E-state index in [4.69, 9.17) is 10.5 Å². The highest BCUT2D eigenvalue weighted by atomic mass is 16.5. The molecule has 0 heterocycles. The van der Waals surface area contributed by atoms with E-state index in [1.54, 1.807) is 12.1 Å². The molecule has 6 heteroatoms. The minimum absolute atomic E-state index is 0.182. The molecule has 6 nitrogen and oxygen atoms in total. The lowest BCUT2D eigenvalue weighted by atomic mass is 9.95. The fourth-order valence-electron chi connectivity index (χ4n) is 2.64. The Bertz CT molecular complexity index is 734. The smallest absolute Gasteiger partial charge is 0.407 e. The third kappa shape index (κ3) is 5.47. The largest absolute Gasteiger partial charge is 0.445 e. The number of aliphatic hydroxyl groups excluding tert-OH is 2. The molecule has 0 aliphatic heterocycles. The molecular formula is C20H26N2O4. The second kappa shape index (κ2) is 9.22. The van der Waals surface area contributed by atoms with Gasteiger partial charge in [0.15, 0.2) is 0 Å². The van der Waals surface area contributed by atoms with Crippen molar-refractivity contribution in [3.05, 3.63) is 64.7 Å². The first-order valence-corrected chi connectivity index (χ1v) is 8.55. The normalized spacial score (nSPS) is 13.1. The number of amides is 1. The van der Waals surface area contributed by atoms with E-state index in [2.05, 4.69) is 5.32 Å². The molecule has 5 N–H and O–H groups in total. The lowest BCUT2D eigenvalue weighted by Crippen LogP contribution is -2.30. The van der Waals surface area contributed by atoms with Crippen LogP contribution in [0, 0.1) is 13.8 Å². The highest BCUT2D eigenvalue weighted by molar-refractivity contribution is 5.67. The van der Waals surface area contributed by atoms with Gasteiger partial charge in [-0.25, -0.2) is 4.79 Å². The Hall–Kier alpha value is -2.57. The fraction of sp³-hybridized carbons (Fsp3) is 0.350. The van der Waals surface area contributed by atoms with E-state index in [0.717, 1.165) is 16.7 Å². The predicted molar refractivity (Wildman–Crippen MR) is 101 cm³/mol. The molecular weight excluding hydrogens is 332 g/mol. The van der Waals surface area contributed by atoms with Gasteiger partial charge in [-0.05, 0) is 48.6 Å². The van der Waals surface area contributed by atoms with Crippen molar-refractivity contribution in [1.29, 1.82) is 0 Å². The molecule has 0 radical (unpaired) electrons. The number of rotatable bonds is 7. The van der Waals surface area contributed by atoms with Gasteiger partial charge in [0, 0.05) is 12.2 Å². The summed E-state index contributed by atoms with van der Waals surface area (Å²) in [5.41, 5.74) is 9.69. The number of anilines is 1. The van der Waals surface area contributed by atoms with Gasteiger partial charge < -0.3 is 26.0 Å². The summed E-state index contributed by atoms with van der Waals surface area (Å²) in [4.78, 5) is 11.7. The van der Waals surface area contributed by atoms with Crippen molar-refractivity contribution in [2.45, 2.75) is 39.1 Å². The van der Waals surface area contributed by atoms with E-state index >= 15 is 0 Å². The second-order valence-electron chi connectivity index (χ2n) is 6.35. The maximum Gasteiger partial charge on any atom is 0.407 e. The average molecular weight is 358 g/mol. The first kappa shape index (κ1) is 19.8. The Labute approximate surface area is 153 Å². The molecule has 26 heavy (non-hydrogen) atoms. The predicted octanol–water partition coefficient (Wildman–Crippen LogP) is 2.60. The molecule has 2 aromatic carbocycles. The fourth-order valence-corrected chi connectivity index (χ4v) is 2.64. The van der Waals surface area contributed by atoms with Gasteiger partial charge in [-0.2, -0.15) is 0 Å². The summed E-state index contributed by atoms with van der Waals surface area (Å²) >= 11 is 0. The topological polar surface area (TPSA) is 105 Å². The second-order valence-corrected chi connectivity index (χ2v) is 6.35. The molecule has 0 fully saturated rings. The lowest BCUT2D eigenvalue weighted by Gasteiger charge is -2.21. The van der Waals surface area contributed by atoms with E-state index < -0.39 is 18.3 Å². The van der Waals surface area contributed by atoms with E-state index in [1.165, 1.54) is 0 Å². The summed E-state index contributed by atoms with van der Waals surface area (Å²) in [6.07, 6.45) is -2.41. The molecule has 2 unspecified atom stereocenters. The van der Waals surface area contributed by atoms with Crippen LogP contribution in [0.25, 0.3) is 0 Å². The monoisotopic (exact) mass is 358 g/mol. The van der Waals surface area contributed by atoms with Crippen molar-refractivity contribution in [3.63, 3.8) is 0 Å². The Balaban J connectivity index is 1.78. The van der Waals surface area contributed by atoms with Crippen LogP contribution in [0.5, 0.6) is 0 Å². The van der Waals surface area contributed by atoms with Crippen LogP contribution in [0.2, 0.25) is 0 Å². The van der Waals surface area contributed by atoms with Gasteiger partial charge in [0.2, 0.25) is 0 Å². The van der Waals surface area contributed by atoms with Crippen LogP contribution in [-0.4, -0.2) is 29.0 Å². The maximum absolute atomic E-state index is 11.7. The Morgan fingerprint density at radius 2 is 1.85 bits per heavy atom. The molecule has 0 spiro atoms. The summed E-state index contributed by atoms with van der Waals surface area (Å²) in [6.45, 7) is 4.06. The molecule has 0 bridgehead atoms. The first-order chi connectivity index (χ1) is 12.4. The minimum Gasteiger partial charge on any atom is -0.445 e. The van der Waals surface area contributed by atoms with Gasteiger partial charge >= 0.3 is 6.09 Å². The Kier molecular flexibility index (Phi) is 7.00. The SMILES string of the molecule is Cc1cc(C(O)C(O)CCNC(=O)OCc2ccccc2)c(C)cc1N. The Morgan fingerprint density at radius 3 is 2.54 bits per heavy atom. The van der Waals surface area contributed by atoms with Gasteiger partial charge in [0.25, 0.3) is 0 Å². The number of carbonyl (C=O) groups excluding carboxylic acids is 1. The van der Waals surface area contributed by atoms with Crippen LogP contribution < -0.4 is 11.1 Å². The molecule has 0 saturated heterocycles. The minimum atomic E-state index is -1.04. The van der Waals surface area contributed by atoms with Crippen molar-refractivity contribution < 1.29 is 19.7 Å². The molecule has 2 aromatic rings. The molecule has 0 aromatic heterocycles. The number of benzene rings is 2. The van der Waals surface area contributed by atoms with Gasteiger partial charge in [-0.3, -0.25) is 0 Å². The zero-order chi connectivity index (χ0) is 19.1. The van der Waals surface area contributed by atoms with Gasteiger partial charge in [-0.1, -0.05) is 36.4 Å². The third-order valence-electron chi connectivity index (χ3n) is 4.26. The van der Waals surface area contributed by atoms with E-state index in [0.29, 0.717) is 11.3 Å². The zero-order valence-electron chi connectivity index (χ0n) is 15.1. The van der Waals surface area contributed by atoms with Crippen molar-refractivity contribution in [2.24, 2.45) is 0 Å². The molecule has 0 saturated carbocycles. The molecule has 0 aliphatic carbocycles. The summed E-state index contributed by atoms with van der Waals surface area (Å²) in [5.74, 6) is 0. The molecule has 2 atom stereocenters. The van der Waals surface area contributed by atoms with E-state index in [1.807, 2.05) is 44.2 Å². The van der Waals surface area contributed by atoms with E-state index in [9.17, 15) is 15.0 Å². The van der Waals surface area contributed by atoms with Crippen LogP contribution in [-0.2, 0) is 11.3 Å². The highest BCUT2D eigenvalue weighted by Gasteiger charge is 2.21. The standard InChI is InChI=1S/C20H26N2O4/c1-13-11-17(21)14(2)10-16(13)19(24)18(23)8-9-22-20(25)26-12-15-6-4-3-5-7-15/h3-7,10-11,18-19,23-24H,8-9,12,21H2,1-2H3,(H,22,25). The first-order valence-electron chi connectivity index (χ1n) is 8.55. The molecule has 140 valence electrons. The number of nitrogens with one attached hydrogen (secondary N) is 1. The summed E-state index contributed by atoms with van der Waals surface area (Å²) in [6, 6.07) is 12.9. The third-order valence-corrected chi connectivity index (χ3v) is 4.26. The molecule has 1 amide bonds. The van der Waals surface area contributed by atoms with Crippen LogP contribution >= 0.6 is 0 Å². The van der Waals surface area contributed by atoms with Crippen molar-refractivity contribution >= 4 is 11.8 Å². The lowest BCUT2D eigenvalue weighted by molar-refractivity contribution is 0.0132. The van der Waals surface area contributed by atoms with Crippen LogP contribution in [0.4, 0.5) is 10.5 Å². The van der Waals surface area contributed by atoms with Crippen molar-refractivity contribution in [1.82, 2.24) is 5.32 Å². The van der Waals surface area contributed by atoms with Crippen molar-refractivity contribution in [2.75, 3.05) is 12.3 Å². The zero-order valence-corrected chi connectivity index (χ0v) is 15.1. The highest BCUT2D eigenvalue weighted by Crippen LogP contribution is 2.26. The molecule has 0 aliphatic rings. The number of aliphatic hydroxyl groups is 2. The van der Waals surface area contributed by atoms with Crippen LogP contribution in [0.15, 0.2) is 42.5 Å². The number of hydrogen-bond donors (Lipinski definition) is 4. The number of carbonyl (C=O) groups is 1. The van der Waals surface area contributed by atoms with Crippen LogP contribution in [0.3, 0.4) is 0 Å². The van der Waals surface area contributed by atoms with E-state index in [-0.39, 0.29) is 19.6 Å². The number of ether oxygens (including phenoxy) is 1. The maximum atomic E-state index is 11.7. The quantitative estimate of drug-likeness (QED) is 0.570. The number of nitrogens with two attached hydrogens (primary N) is 1. The van der Waals surface area contributed by atoms with Gasteiger partial charge in [-0.15, -0.1) is 0 Å². The van der Waals surface area contributed by atoms with Gasteiger partial charge in [0.1, 0.15) is 12.7 Å². The summed E-state index contributed by atoms with van der Waals surface area (Å²) in [5, 5.41) is 23.1. The number of hydrogen-bond acceptors (Lipinski definition) is 5.